The molecule has 1 aliphatic heterocycles. The maximum atomic E-state index is 12.8. The van der Waals surface area contributed by atoms with Crippen molar-refractivity contribution >= 4 is 33.6 Å². The summed E-state index contributed by atoms with van der Waals surface area (Å²) in [4.78, 5) is 45.8. The van der Waals surface area contributed by atoms with Crippen LogP contribution in [0.5, 0.6) is 5.75 Å². The number of H-pyrrole nitrogens is 2. The first-order chi connectivity index (χ1) is 22.8. The Hall–Kier alpha value is -4.66. The van der Waals surface area contributed by atoms with Crippen LogP contribution < -0.4 is 4.74 Å². The molecular weight excluding hydrogens is 588 g/mol. The minimum absolute atomic E-state index is 0.156. The fourth-order valence-corrected chi connectivity index (χ4v) is 6.51. The van der Waals surface area contributed by atoms with Gasteiger partial charge in [-0.3, -0.25) is 9.59 Å². The van der Waals surface area contributed by atoms with E-state index in [0.29, 0.717) is 32.5 Å². The number of benzene rings is 3. The van der Waals surface area contributed by atoms with Crippen LogP contribution in [0.1, 0.15) is 90.4 Å². The zero-order chi connectivity index (χ0) is 33.1. The average Bonchev–Trinajstić information content (AvgIpc) is 3.73. The molecule has 0 spiro atoms. The van der Waals surface area contributed by atoms with E-state index in [4.69, 9.17) is 9.72 Å². The molecular formula is C38H46N6O3. The third kappa shape index (κ3) is 6.62. The van der Waals surface area contributed by atoms with Crippen molar-refractivity contribution in [2.75, 3.05) is 6.54 Å². The van der Waals surface area contributed by atoms with Crippen molar-refractivity contribution in [3.8, 4) is 28.1 Å². The zero-order valence-corrected chi connectivity index (χ0v) is 28.3. The molecule has 0 aliphatic carbocycles. The molecule has 47 heavy (non-hydrogen) atoms. The number of fused-ring (bicyclic) bond motifs is 6. The highest BCUT2D eigenvalue weighted by molar-refractivity contribution is 6.07. The number of imidazole rings is 2. The monoisotopic (exact) mass is 634 g/mol. The molecule has 1 aliphatic rings. The van der Waals surface area contributed by atoms with Gasteiger partial charge in [0.25, 0.3) is 0 Å². The molecule has 0 unspecified atom stereocenters. The van der Waals surface area contributed by atoms with Gasteiger partial charge in [0.1, 0.15) is 24.0 Å². The van der Waals surface area contributed by atoms with E-state index < -0.39 is 0 Å². The Balaban J connectivity index is 1.26. The van der Waals surface area contributed by atoms with Gasteiger partial charge in [0, 0.05) is 36.4 Å². The smallest absolute Gasteiger partial charge is 0.223 e. The van der Waals surface area contributed by atoms with Crippen LogP contribution in [-0.2, 0) is 29.3 Å². The molecule has 9 nitrogen and oxygen atoms in total. The molecule has 2 amide bonds. The van der Waals surface area contributed by atoms with E-state index in [0.717, 1.165) is 99.4 Å². The SMILES string of the molecule is CCCC(=O)N(CCC)Cc1nc2c(ccc3cc4c(cc32)OCc2cc(-c3cnc(CN(C(=O)CCC)[C@@H](C)CC)[nH]3)ccc2-4)[nH]1. The quantitative estimate of drug-likeness (QED) is 0.136. The van der Waals surface area contributed by atoms with Crippen LogP contribution in [0.2, 0.25) is 0 Å². The minimum atomic E-state index is 0.156. The fourth-order valence-electron chi connectivity index (χ4n) is 6.51. The number of nitrogens with zero attached hydrogens (tertiary/aromatic N) is 4. The van der Waals surface area contributed by atoms with Gasteiger partial charge >= 0.3 is 0 Å². The third-order valence-electron chi connectivity index (χ3n) is 9.21. The first-order valence-corrected chi connectivity index (χ1v) is 17.2. The lowest BCUT2D eigenvalue weighted by molar-refractivity contribution is -0.134. The van der Waals surface area contributed by atoms with E-state index in [1.807, 2.05) is 29.8 Å². The van der Waals surface area contributed by atoms with Crippen molar-refractivity contribution in [3.63, 3.8) is 0 Å². The van der Waals surface area contributed by atoms with Gasteiger partial charge < -0.3 is 24.5 Å². The van der Waals surface area contributed by atoms with Crippen LogP contribution in [0.4, 0.5) is 0 Å². The number of aromatic nitrogens is 4. The van der Waals surface area contributed by atoms with Crippen molar-refractivity contribution < 1.29 is 14.3 Å². The molecule has 0 bridgehead atoms. The van der Waals surface area contributed by atoms with E-state index in [-0.39, 0.29) is 17.9 Å². The van der Waals surface area contributed by atoms with Gasteiger partial charge in [0.2, 0.25) is 11.8 Å². The highest BCUT2D eigenvalue weighted by atomic mass is 16.5. The maximum Gasteiger partial charge on any atom is 0.223 e. The predicted octanol–water partition coefficient (Wildman–Crippen LogP) is 8.13. The highest BCUT2D eigenvalue weighted by Crippen LogP contribution is 2.42. The molecule has 5 aromatic rings. The largest absolute Gasteiger partial charge is 0.488 e. The molecule has 3 aromatic carbocycles. The van der Waals surface area contributed by atoms with Gasteiger partial charge in [-0.25, -0.2) is 9.97 Å². The zero-order valence-electron chi connectivity index (χ0n) is 28.3. The molecule has 246 valence electrons. The Kier molecular flexibility index (Phi) is 9.61. The Morgan fingerprint density at radius 2 is 1.70 bits per heavy atom. The van der Waals surface area contributed by atoms with Crippen LogP contribution >= 0.6 is 0 Å². The number of carbonyl (C=O) groups is 2. The van der Waals surface area contributed by atoms with Gasteiger partial charge in [-0.15, -0.1) is 0 Å². The van der Waals surface area contributed by atoms with Crippen LogP contribution in [0.25, 0.3) is 44.2 Å². The summed E-state index contributed by atoms with van der Waals surface area (Å²) in [6.07, 6.45) is 6.43. The van der Waals surface area contributed by atoms with Crippen molar-refractivity contribution in [1.29, 1.82) is 0 Å². The fraction of sp³-hybridized carbons (Fsp3) is 0.421. The van der Waals surface area contributed by atoms with Gasteiger partial charge in [-0.05, 0) is 78.9 Å². The molecule has 0 saturated heterocycles. The topological polar surface area (TPSA) is 107 Å². The number of hydrogen-bond donors (Lipinski definition) is 2. The molecule has 0 radical (unpaired) electrons. The number of amides is 2. The van der Waals surface area contributed by atoms with Crippen molar-refractivity contribution in [2.45, 2.75) is 98.9 Å². The number of aromatic amines is 2. The summed E-state index contributed by atoms with van der Waals surface area (Å²) in [5, 5.41) is 2.11. The van der Waals surface area contributed by atoms with Crippen molar-refractivity contribution in [3.05, 3.63) is 65.9 Å². The molecule has 2 aromatic heterocycles. The van der Waals surface area contributed by atoms with E-state index in [2.05, 4.69) is 78.2 Å². The summed E-state index contributed by atoms with van der Waals surface area (Å²) >= 11 is 0. The summed E-state index contributed by atoms with van der Waals surface area (Å²) < 4.78 is 6.34. The first kappa shape index (κ1) is 32.3. The molecule has 3 heterocycles. The summed E-state index contributed by atoms with van der Waals surface area (Å²) in [5.41, 5.74) is 7.12. The second-order valence-corrected chi connectivity index (χ2v) is 12.7. The molecule has 1 atom stereocenters. The minimum Gasteiger partial charge on any atom is -0.488 e. The first-order valence-electron chi connectivity index (χ1n) is 17.2. The lowest BCUT2D eigenvalue weighted by Gasteiger charge is -2.27. The van der Waals surface area contributed by atoms with Gasteiger partial charge in [-0.2, -0.15) is 0 Å². The Morgan fingerprint density at radius 3 is 2.47 bits per heavy atom. The second-order valence-electron chi connectivity index (χ2n) is 12.7. The Morgan fingerprint density at radius 1 is 0.894 bits per heavy atom. The molecule has 6 rings (SSSR count). The van der Waals surface area contributed by atoms with Crippen molar-refractivity contribution in [2.24, 2.45) is 0 Å². The summed E-state index contributed by atoms with van der Waals surface area (Å²) in [7, 11) is 0. The standard InChI is InChI=1S/C38H46N6O3/c1-6-10-36(45)43(16-8-3)21-35-40-31-15-13-25-18-30-28-14-12-26(17-27(28)23-47-33(30)19-29(25)38(31)42-35)32-20-39-34(41-32)22-44(24(5)9-4)37(46)11-7-2/h12-15,17-20,24H,6-11,16,21-23H2,1-5H3,(H,39,41)(H,40,42)/t24-/m0/s1. The average molecular weight is 635 g/mol. The highest BCUT2D eigenvalue weighted by Gasteiger charge is 2.23. The van der Waals surface area contributed by atoms with E-state index in [9.17, 15) is 9.59 Å². The van der Waals surface area contributed by atoms with Gasteiger partial charge in [0.05, 0.1) is 36.0 Å². The van der Waals surface area contributed by atoms with E-state index in [1.54, 1.807) is 0 Å². The molecule has 0 saturated carbocycles. The van der Waals surface area contributed by atoms with Crippen LogP contribution in [-0.4, -0.2) is 54.1 Å². The third-order valence-corrected chi connectivity index (χ3v) is 9.21. The second kappa shape index (κ2) is 14.0. The Bertz CT molecular complexity index is 1910. The summed E-state index contributed by atoms with van der Waals surface area (Å²) in [5.74, 6) is 2.76. The maximum absolute atomic E-state index is 12.8. The predicted molar refractivity (Wildman–Crippen MR) is 187 cm³/mol. The van der Waals surface area contributed by atoms with Crippen LogP contribution in [0, 0.1) is 0 Å². The normalized spacial score (nSPS) is 12.9. The molecule has 0 fully saturated rings. The number of ether oxygens (including phenoxy) is 1. The van der Waals surface area contributed by atoms with Gasteiger partial charge in [0.15, 0.2) is 0 Å². The number of hydrogen-bond acceptors (Lipinski definition) is 5. The van der Waals surface area contributed by atoms with Crippen LogP contribution in [0.3, 0.4) is 0 Å². The molecule has 9 heteroatoms. The summed E-state index contributed by atoms with van der Waals surface area (Å²) in [6, 6.07) is 15.1. The summed E-state index contributed by atoms with van der Waals surface area (Å²) in [6.45, 7) is 12.5. The van der Waals surface area contributed by atoms with Crippen LogP contribution in [0.15, 0.2) is 48.7 Å². The van der Waals surface area contributed by atoms with E-state index in [1.165, 1.54) is 0 Å². The Labute approximate surface area is 276 Å². The lowest BCUT2D eigenvalue weighted by atomic mass is 9.92. The number of carbonyl (C=O) groups excluding carboxylic acids is 2. The van der Waals surface area contributed by atoms with Gasteiger partial charge in [-0.1, -0.05) is 45.9 Å². The van der Waals surface area contributed by atoms with Crippen molar-refractivity contribution in [1.82, 2.24) is 29.7 Å². The molecule has 2 N–H and O–H groups in total. The lowest BCUT2D eigenvalue weighted by Crippen LogP contribution is -2.37. The van der Waals surface area contributed by atoms with E-state index >= 15 is 0 Å². The number of rotatable bonds is 13. The number of nitrogens with one attached hydrogen (secondary N) is 2.